The normalized spacial score (nSPS) is 43.6. The number of fused-ring (bicyclic) bond motifs is 5. The minimum Gasteiger partial charge on any atom is -0.463 e. The molecule has 3 fully saturated rings. The maximum absolute atomic E-state index is 11.4. The summed E-state index contributed by atoms with van der Waals surface area (Å²) in [7, 11) is 0. The molecule has 4 aliphatic carbocycles. The Balaban J connectivity index is 1.50. The minimum atomic E-state index is -0.132. The number of carbonyl (C=O) groups excluding carboxylic acids is 2. The van der Waals surface area contributed by atoms with Crippen LogP contribution in [0.4, 0.5) is 0 Å². The van der Waals surface area contributed by atoms with Gasteiger partial charge in [0.15, 0.2) is 0 Å². The molecule has 0 amide bonds. The summed E-state index contributed by atoms with van der Waals surface area (Å²) in [5, 5.41) is 0. The third-order valence-corrected chi connectivity index (χ3v) is 9.69. The first kappa shape index (κ1) is 22.0. The van der Waals surface area contributed by atoms with E-state index in [0.29, 0.717) is 47.0 Å². The van der Waals surface area contributed by atoms with Crippen LogP contribution in [0.2, 0.25) is 0 Å². The SMILES string of the molecule is CC(=O)O[C@H]1CC[C@@]2(C)C(CC=C3C2CC[C@@]2(C)C3CCC2[C@H](C)COCC=O)C1. The summed E-state index contributed by atoms with van der Waals surface area (Å²) >= 11 is 0. The van der Waals surface area contributed by atoms with E-state index in [1.165, 1.54) is 39.0 Å². The Morgan fingerprint density at radius 3 is 2.63 bits per heavy atom. The molecule has 0 N–H and O–H groups in total. The maximum Gasteiger partial charge on any atom is 0.302 e. The number of carbonyl (C=O) groups is 2. The predicted octanol–water partition coefficient (Wildman–Crippen LogP) is 5.35. The summed E-state index contributed by atoms with van der Waals surface area (Å²) in [6, 6.07) is 0. The molecular weight excluding hydrogens is 376 g/mol. The highest BCUT2D eigenvalue weighted by Crippen LogP contribution is 2.66. The van der Waals surface area contributed by atoms with Gasteiger partial charge in [0.25, 0.3) is 0 Å². The molecule has 30 heavy (non-hydrogen) atoms. The number of esters is 1. The zero-order valence-corrected chi connectivity index (χ0v) is 19.3. The molecule has 4 unspecified atom stereocenters. The molecule has 0 aromatic rings. The molecule has 0 radical (unpaired) electrons. The molecular formula is C26H40O4. The second-order valence-electron chi connectivity index (χ2n) is 11.2. The van der Waals surface area contributed by atoms with Crippen molar-refractivity contribution in [2.45, 2.75) is 85.2 Å². The molecule has 0 aliphatic heterocycles. The van der Waals surface area contributed by atoms with Crippen LogP contribution in [0.3, 0.4) is 0 Å². The van der Waals surface area contributed by atoms with Crippen molar-refractivity contribution in [3.8, 4) is 0 Å². The molecule has 4 heteroatoms. The standard InChI is InChI=1S/C26H40O4/c1-17(16-29-14-13-27)22-7-8-23-21-6-5-19-15-20(30-18(2)28)9-11-25(19,3)24(21)10-12-26(22,23)4/h6,13,17,19-20,22-24H,5,7-12,14-16H2,1-4H3/t17-,19?,20+,22?,23?,24?,25+,26-/m1/s1. The van der Waals surface area contributed by atoms with Crippen LogP contribution >= 0.6 is 0 Å². The molecule has 3 saturated carbocycles. The lowest BCUT2D eigenvalue weighted by molar-refractivity contribution is -0.152. The van der Waals surface area contributed by atoms with Crippen LogP contribution in [0, 0.1) is 40.4 Å². The van der Waals surface area contributed by atoms with Crippen LogP contribution < -0.4 is 0 Å². The zero-order chi connectivity index (χ0) is 21.5. The molecule has 0 saturated heterocycles. The van der Waals surface area contributed by atoms with Crippen molar-refractivity contribution in [3.63, 3.8) is 0 Å². The highest BCUT2D eigenvalue weighted by Gasteiger charge is 2.58. The molecule has 8 atom stereocenters. The van der Waals surface area contributed by atoms with Gasteiger partial charge in [0.2, 0.25) is 0 Å². The first-order valence-corrected chi connectivity index (χ1v) is 12.2. The second-order valence-corrected chi connectivity index (χ2v) is 11.2. The van der Waals surface area contributed by atoms with Crippen LogP contribution in [0.1, 0.15) is 79.1 Å². The largest absolute Gasteiger partial charge is 0.463 e. The minimum absolute atomic E-state index is 0.118. The molecule has 168 valence electrons. The van der Waals surface area contributed by atoms with E-state index in [0.717, 1.165) is 25.5 Å². The summed E-state index contributed by atoms with van der Waals surface area (Å²) in [6.45, 7) is 9.84. The van der Waals surface area contributed by atoms with Crippen molar-refractivity contribution in [3.05, 3.63) is 11.6 Å². The van der Waals surface area contributed by atoms with Gasteiger partial charge in [-0.15, -0.1) is 0 Å². The first-order valence-electron chi connectivity index (χ1n) is 12.2. The summed E-state index contributed by atoms with van der Waals surface area (Å²) < 4.78 is 11.2. The number of ether oxygens (including phenoxy) is 2. The van der Waals surface area contributed by atoms with Gasteiger partial charge < -0.3 is 14.3 Å². The van der Waals surface area contributed by atoms with Gasteiger partial charge in [0.05, 0.1) is 0 Å². The van der Waals surface area contributed by atoms with E-state index in [2.05, 4.69) is 26.8 Å². The summed E-state index contributed by atoms with van der Waals surface area (Å²) in [5.74, 6) is 3.10. The molecule has 0 aromatic heterocycles. The summed E-state index contributed by atoms with van der Waals surface area (Å²) in [6.07, 6.45) is 13.1. The van der Waals surface area contributed by atoms with Crippen molar-refractivity contribution in [2.75, 3.05) is 13.2 Å². The van der Waals surface area contributed by atoms with Gasteiger partial charge in [-0.1, -0.05) is 32.4 Å². The van der Waals surface area contributed by atoms with E-state index >= 15 is 0 Å². The average Bonchev–Trinajstić information content (AvgIpc) is 3.05. The Hall–Kier alpha value is -1.16. The third kappa shape index (κ3) is 3.67. The molecule has 4 nitrogen and oxygen atoms in total. The molecule has 4 aliphatic rings. The fourth-order valence-electron chi connectivity index (χ4n) is 8.21. The van der Waals surface area contributed by atoms with E-state index in [4.69, 9.17) is 9.47 Å². The Morgan fingerprint density at radius 2 is 1.90 bits per heavy atom. The van der Waals surface area contributed by atoms with Gasteiger partial charge in [-0.2, -0.15) is 0 Å². The molecule has 0 heterocycles. The molecule has 0 bridgehead atoms. The fourth-order valence-corrected chi connectivity index (χ4v) is 8.21. The van der Waals surface area contributed by atoms with Crippen molar-refractivity contribution < 1.29 is 19.1 Å². The van der Waals surface area contributed by atoms with Crippen molar-refractivity contribution in [2.24, 2.45) is 40.4 Å². The maximum atomic E-state index is 11.4. The van der Waals surface area contributed by atoms with Crippen LogP contribution in [0.25, 0.3) is 0 Å². The van der Waals surface area contributed by atoms with Crippen molar-refractivity contribution in [1.29, 1.82) is 0 Å². The lowest BCUT2D eigenvalue weighted by atomic mass is 9.47. The Morgan fingerprint density at radius 1 is 1.17 bits per heavy atom. The quantitative estimate of drug-likeness (QED) is 0.253. The monoisotopic (exact) mass is 416 g/mol. The summed E-state index contributed by atoms with van der Waals surface area (Å²) in [4.78, 5) is 22.1. The van der Waals surface area contributed by atoms with Gasteiger partial charge in [-0.25, -0.2) is 0 Å². The van der Waals surface area contributed by atoms with Gasteiger partial charge in [-0.3, -0.25) is 4.79 Å². The predicted molar refractivity (Wildman–Crippen MR) is 117 cm³/mol. The Kier molecular flexibility index (Phi) is 6.18. The van der Waals surface area contributed by atoms with Gasteiger partial charge >= 0.3 is 5.97 Å². The number of hydrogen-bond donors (Lipinski definition) is 0. The second kappa shape index (κ2) is 8.41. The number of rotatable bonds is 6. The van der Waals surface area contributed by atoms with Gasteiger partial charge in [0.1, 0.15) is 19.0 Å². The lowest BCUT2D eigenvalue weighted by Crippen LogP contribution is -2.50. The first-order chi connectivity index (χ1) is 14.3. The van der Waals surface area contributed by atoms with E-state index in [1.54, 1.807) is 5.57 Å². The topological polar surface area (TPSA) is 52.6 Å². The van der Waals surface area contributed by atoms with Crippen molar-refractivity contribution >= 4 is 12.3 Å². The van der Waals surface area contributed by atoms with Crippen LogP contribution in [0.15, 0.2) is 11.6 Å². The average molecular weight is 417 g/mol. The van der Waals surface area contributed by atoms with Crippen LogP contribution in [0.5, 0.6) is 0 Å². The highest BCUT2D eigenvalue weighted by molar-refractivity contribution is 5.66. The van der Waals surface area contributed by atoms with Gasteiger partial charge in [-0.05, 0) is 91.8 Å². The molecule has 4 rings (SSSR count). The third-order valence-electron chi connectivity index (χ3n) is 9.69. The number of hydrogen-bond acceptors (Lipinski definition) is 4. The molecule has 0 spiro atoms. The van der Waals surface area contributed by atoms with E-state index in [-0.39, 0.29) is 18.7 Å². The van der Waals surface area contributed by atoms with Crippen molar-refractivity contribution in [1.82, 2.24) is 0 Å². The van der Waals surface area contributed by atoms with E-state index in [9.17, 15) is 9.59 Å². The zero-order valence-electron chi connectivity index (χ0n) is 19.3. The summed E-state index contributed by atoms with van der Waals surface area (Å²) in [5.41, 5.74) is 2.49. The van der Waals surface area contributed by atoms with Gasteiger partial charge in [0, 0.05) is 13.5 Å². The Labute approximate surface area is 182 Å². The highest BCUT2D eigenvalue weighted by atomic mass is 16.5. The van der Waals surface area contributed by atoms with E-state index < -0.39 is 0 Å². The van der Waals surface area contributed by atoms with Crippen LogP contribution in [-0.2, 0) is 19.1 Å². The molecule has 0 aromatic carbocycles. The fraction of sp³-hybridized carbons (Fsp3) is 0.846. The number of aldehydes is 1. The lowest BCUT2D eigenvalue weighted by Gasteiger charge is -2.58. The van der Waals surface area contributed by atoms with Crippen LogP contribution in [-0.4, -0.2) is 31.6 Å². The Bertz CT molecular complexity index is 699. The number of allylic oxidation sites excluding steroid dienone is 2. The smallest absolute Gasteiger partial charge is 0.302 e. The van der Waals surface area contributed by atoms with E-state index in [1.807, 2.05) is 0 Å².